The Morgan fingerprint density at radius 1 is 0.300 bits per heavy atom. The van der Waals surface area contributed by atoms with Crippen LogP contribution < -0.4 is 206 Å². The van der Waals surface area contributed by atoms with Gasteiger partial charge in [0.2, 0.25) is 0 Å². The summed E-state index contributed by atoms with van der Waals surface area (Å²) >= 11 is 0. The van der Waals surface area contributed by atoms with Crippen LogP contribution >= 0.6 is 0 Å². The van der Waals surface area contributed by atoms with E-state index in [0.29, 0.717) is 0 Å². The van der Waals surface area contributed by atoms with Gasteiger partial charge < -0.3 is 16.4 Å². The molecule has 20 heavy (non-hydrogen) atoms. The van der Waals surface area contributed by atoms with Crippen LogP contribution in [0.15, 0.2) is 0 Å². The fourth-order valence-corrected chi connectivity index (χ4v) is 0. The first-order valence-corrected chi connectivity index (χ1v) is 1.34. The number of nitrogens with zero attached hydrogens (tertiary/aromatic N) is 6. The van der Waals surface area contributed by atoms with Gasteiger partial charge in [-0.05, 0) is 0 Å². The average Bonchev–Trinajstić information content (AvgIpc) is 2.33. The van der Waals surface area contributed by atoms with Crippen LogP contribution in [0.3, 0.4) is 0 Å². The van der Waals surface area contributed by atoms with Crippen LogP contribution in [0, 0.1) is 71.0 Å². The van der Waals surface area contributed by atoms with Crippen molar-refractivity contribution >= 4 is 0 Å². The zero-order valence-electron chi connectivity index (χ0n) is 11.5. The molecule has 0 aromatic rings. The summed E-state index contributed by atoms with van der Waals surface area (Å²) in [5, 5.41) is 37.5. The molecule has 0 aliphatic heterocycles. The van der Waals surface area contributed by atoms with E-state index in [1.165, 1.54) is 0 Å². The molecule has 0 saturated carbocycles. The molecule has 0 aromatic heterocycles. The van der Waals surface area contributed by atoms with Gasteiger partial charge in [0.1, 0.15) is 0 Å². The minimum absolute atomic E-state index is 0. The maximum Gasteiger partial charge on any atom is 1.00 e. The van der Waals surface area contributed by atoms with Crippen molar-refractivity contribution in [1.29, 1.82) is 31.6 Å². The van der Waals surface area contributed by atoms with E-state index in [-0.39, 0.29) is 241 Å². The molecular formula is C6H6K4N6O3Ru+4. The quantitative estimate of drug-likeness (QED) is 0.313. The van der Waals surface area contributed by atoms with Gasteiger partial charge in [-0.15, -0.1) is 0 Å². The Morgan fingerprint density at radius 2 is 0.300 bits per heavy atom. The van der Waals surface area contributed by atoms with E-state index in [4.69, 9.17) is 71.0 Å². The van der Waals surface area contributed by atoms with Crippen molar-refractivity contribution in [2.45, 2.75) is 0 Å². The van der Waals surface area contributed by atoms with Crippen LogP contribution in [0.1, 0.15) is 0 Å². The van der Waals surface area contributed by atoms with E-state index in [9.17, 15) is 0 Å². The fourth-order valence-electron chi connectivity index (χ4n) is 0. The van der Waals surface area contributed by atoms with Crippen molar-refractivity contribution < 1.29 is 241 Å². The van der Waals surface area contributed by atoms with E-state index < -0.39 is 0 Å². The largest absolute Gasteiger partial charge is 1.00 e. The second-order valence-corrected chi connectivity index (χ2v) is 0. The van der Waals surface area contributed by atoms with Crippen molar-refractivity contribution in [3.63, 3.8) is 0 Å². The zero-order chi connectivity index (χ0) is 12.0. The normalized spacial score (nSPS) is 0.600. The molecule has 0 saturated heterocycles. The molecule has 0 aliphatic rings. The minimum atomic E-state index is 0. The number of hydrogen-bond donors (Lipinski definition) is 0. The molecule has 0 spiro atoms. The maximum absolute atomic E-state index is 6.25. The van der Waals surface area contributed by atoms with Crippen LogP contribution in [-0.2, 0) is 19.5 Å². The van der Waals surface area contributed by atoms with Gasteiger partial charge in [0.05, 0.1) is 0 Å². The molecule has 0 rings (SSSR count). The predicted molar refractivity (Wildman–Crippen MR) is 40.6 cm³/mol. The maximum atomic E-state index is 6.25. The van der Waals surface area contributed by atoms with E-state index in [0.717, 1.165) is 0 Å². The monoisotopic (exact) mass is 468 g/mol. The molecule has 0 fully saturated rings. The molecule has 0 atom stereocenters. The molecule has 0 amide bonds. The summed E-state index contributed by atoms with van der Waals surface area (Å²) in [6.07, 6.45) is 0. The van der Waals surface area contributed by atoms with Gasteiger partial charge in [-0.3, -0.25) is 0 Å². The smallest absolute Gasteiger partial charge is 0.412 e. The minimum Gasteiger partial charge on any atom is -0.412 e. The van der Waals surface area contributed by atoms with Crippen LogP contribution in [-0.4, -0.2) is 16.4 Å². The molecule has 14 heteroatoms. The van der Waals surface area contributed by atoms with Crippen LogP contribution in [0.4, 0.5) is 0 Å². The Labute approximate surface area is 303 Å². The standard InChI is InChI=1S/6CN.4K.3H2O.Ru/c6*1-2;;;;;;;;/h;;;;;;;;;;3*1H2;/q;;;;;;4*+1;;;;. The first-order chi connectivity index (χ1) is 6.00. The summed E-state index contributed by atoms with van der Waals surface area (Å²) in [6.45, 7) is 28.5. The first kappa shape index (κ1) is 127. The SMILES string of the molecule is O.O.O.[C]#N.[C]#N.[C]#N.[C]#N.[C]#N.[C]#N.[K+].[K+].[K+].[K+].[Ru]. The Kier molecular flexibility index (Phi) is 4440. The molecule has 0 bridgehead atoms. The molecule has 0 aliphatic carbocycles. The fraction of sp³-hybridized carbons (Fsp3) is 0. The molecule has 6 N–H and O–H groups in total. The molecule has 9 nitrogen and oxygen atoms in total. The average molecular weight is 468 g/mol. The van der Waals surface area contributed by atoms with Crippen molar-refractivity contribution in [3.05, 3.63) is 39.4 Å². The third kappa shape index (κ3) is 609. The Balaban J connectivity index is -0.00000000167. The summed E-state index contributed by atoms with van der Waals surface area (Å²) in [5.41, 5.74) is 0. The summed E-state index contributed by atoms with van der Waals surface area (Å²) in [7, 11) is 0. The van der Waals surface area contributed by atoms with Crippen molar-refractivity contribution in [3.8, 4) is 0 Å². The van der Waals surface area contributed by atoms with Gasteiger partial charge in [-0.25, -0.2) is 0 Å². The Hall–Kier alpha value is 3.99. The van der Waals surface area contributed by atoms with Gasteiger partial charge in [-0.2, -0.15) is 31.6 Å². The predicted octanol–water partition coefficient (Wildman–Crippen LogP) is -13.9. The molecule has 86 valence electrons. The second kappa shape index (κ2) is 699. The molecule has 0 aromatic carbocycles. The molecule has 0 unspecified atom stereocenters. The number of hydrogen-bond acceptors (Lipinski definition) is 6. The first-order valence-electron chi connectivity index (χ1n) is 1.34. The van der Waals surface area contributed by atoms with Crippen LogP contribution in [0.5, 0.6) is 0 Å². The van der Waals surface area contributed by atoms with Gasteiger partial charge >= 0.3 is 206 Å². The third-order valence-corrected chi connectivity index (χ3v) is 0. The number of rotatable bonds is 0. The van der Waals surface area contributed by atoms with Gasteiger partial charge in [-0.1, -0.05) is 0 Å². The van der Waals surface area contributed by atoms with Crippen molar-refractivity contribution in [2.75, 3.05) is 0 Å². The Bertz CT molecular complexity index is 118. The van der Waals surface area contributed by atoms with Crippen molar-refractivity contribution in [1.82, 2.24) is 0 Å². The van der Waals surface area contributed by atoms with Crippen molar-refractivity contribution in [2.24, 2.45) is 0 Å². The molecular weight excluding hydrogens is 462 g/mol. The molecule has 6 radical (unpaired) electrons. The van der Waals surface area contributed by atoms with E-state index >= 15 is 0 Å². The van der Waals surface area contributed by atoms with Gasteiger partial charge in [0, 0.05) is 19.5 Å². The van der Waals surface area contributed by atoms with E-state index in [1.807, 2.05) is 0 Å². The van der Waals surface area contributed by atoms with E-state index in [1.54, 1.807) is 0 Å². The molecule has 0 heterocycles. The van der Waals surface area contributed by atoms with Crippen LogP contribution in [0.25, 0.3) is 0 Å². The topological polar surface area (TPSA) is 237 Å². The van der Waals surface area contributed by atoms with Gasteiger partial charge in [0.15, 0.2) is 39.4 Å². The summed E-state index contributed by atoms with van der Waals surface area (Å²) in [4.78, 5) is 0. The van der Waals surface area contributed by atoms with Crippen LogP contribution in [0.2, 0.25) is 0 Å². The third-order valence-electron chi connectivity index (χ3n) is 0. The van der Waals surface area contributed by atoms with Gasteiger partial charge in [0.25, 0.3) is 0 Å². The summed E-state index contributed by atoms with van der Waals surface area (Å²) in [6, 6.07) is 0. The zero-order valence-corrected chi connectivity index (χ0v) is 25.8. The second-order valence-electron chi connectivity index (χ2n) is 0. The summed E-state index contributed by atoms with van der Waals surface area (Å²) in [5.74, 6) is 0. The summed E-state index contributed by atoms with van der Waals surface area (Å²) < 4.78 is 0. The van der Waals surface area contributed by atoms with E-state index in [2.05, 4.69) is 0 Å². The Morgan fingerprint density at radius 3 is 0.300 bits per heavy atom.